The third kappa shape index (κ3) is 6.16. The van der Waals surface area contributed by atoms with E-state index in [1.165, 1.54) is 0 Å². The molecule has 10 heteroatoms. The third-order valence-corrected chi connectivity index (χ3v) is 7.58. The van der Waals surface area contributed by atoms with Crippen molar-refractivity contribution >= 4 is 12.1 Å². The molecule has 2 aliphatic rings. The highest BCUT2D eigenvalue weighted by atomic mass is 16.6. The molecule has 0 unspecified atom stereocenters. The molecule has 0 aromatic heterocycles. The number of amides is 1. The van der Waals surface area contributed by atoms with Crippen molar-refractivity contribution in [3.8, 4) is 23.0 Å². The molecule has 6 N–H and O–H groups in total. The van der Waals surface area contributed by atoms with Gasteiger partial charge in [-0.15, -0.1) is 0 Å². The Morgan fingerprint density at radius 3 is 2.10 bits per heavy atom. The molecule has 0 bridgehead atoms. The van der Waals surface area contributed by atoms with Crippen molar-refractivity contribution in [1.29, 1.82) is 0 Å². The van der Waals surface area contributed by atoms with Gasteiger partial charge in [0.25, 0.3) is 0 Å². The lowest BCUT2D eigenvalue weighted by Gasteiger charge is -2.37. The number of ether oxygens (including phenoxy) is 2. The Kier molecular flexibility index (Phi) is 8.87. The smallest absolute Gasteiger partial charge is 0.407 e. The summed E-state index contributed by atoms with van der Waals surface area (Å²) in [4.78, 5) is 24.6. The molecule has 1 saturated heterocycles. The van der Waals surface area contributed by atoms with Crippen molar-refractivity contribution in [3.63, 3.8) is 0 Å². The summed E-state index contributed by atoms with van der Waals surface area (Å²) in [7, 11) is 0. The summed E-state index contributed by atoms with van der Waals surface area (Å²) >= 11 is 0. The second-order valence-corrected chi connectivity index (χ2v) is 10.3. The standard InChI is InChI=1S/C32H31NO9/c34-16-27-29(36)30(37)28(35)26(42-27)14-13-18-9-11-19(12-10-18)15-25(31(38)39)33-32(40)41-17-24-22-7-3-1-5-20(22)21-6-2-4-8-23(21)24/h1-12,24-30,34-37H,15-17H2,(H,33,40)(H,38,39)/t25-,26-,27+,28-,29-,30+/m0/s1. The minimum absolute atomic E-state index is 0.0000513. The lowest BCUT2D eigenvalue weighted by Crippen LogP contribution is -2.58. The first-order valence-corrected chi connectivity index (χ1v) is 13.5. The number of carbonyl (C=O) groups is 2. The molecule has 6 atom stereocenters. The van der Waals surface area contributed by atoms with Crippen LogP contribution in [0.15, 0.2) is 72.8 Å². The Morgan fingerprint density at radius 1 is 0.881 bits per heavy atom. The number of fused-ring (bicyclic) bond motifs is 3. The van der Waals surface area contributed by atoms with Crippen molar-refractivity contribution in [2.75, 3.05) is 13.2 Å². The van der Waals surface area contributed by atoms with Gasteiger partial charge in [0.1, 0.15) is 43.2 Å². The number of carboxylic acids is 1. The van der Waals surface area contributed by atoms with Crippen molar-refractivity contribution in [2.45, 2.75) is 48.9 Å². The van der Waals surface area contributed by atoms with Gasteiger partial charge in [-0.1, -0.05) is 72.5 Å². The Morgan fingerprint density at radius 2 is 1.50 bits per heavy atom. The minimum atomic E-state index is -1.52. The summed E-state index contributed by atoms with van der Waals surface area (Å²) < 4.78 is 10.9. The number of aliphatic hydroxyl groups excluding tert-OH is 4. The second-order valence-electron chi connectivity index (χ2n) is 10.3. The van der Waals surface area contributed by atoms with Crippen molar-refractivity contribution in [3.05, 3.63) is 95.1 Å². The van der Waals surface area contributed by atoms with E-state index in [-0.39, 0.29) is 18.9 Å². The molecule has 0 saturated carbocycles. The van der Waals surface area contributed by atoms with E-state index in [2.05, 4.69) is 17.2 Å². The van der Waals surface area contributed by atoms with Gasteiger partial charge in [-0.05, 0) is 39.9 Å². The lowest BCUT2D eigenvalue weighted by molar-refractivity contribution is -0.214. The number of carboxylic acid groups (broad SMARTS) is 1. The maximum Gasteiger partial charge on any atom is 0.407 e. The van der Waals surface area contributed by atoms with Crippen molar-refractivity contribution in [1.82, 2.24) is 5.32 Å². The van der Waals surface area contributed by atoms with E-state index >= 15 is 0 Å². The number of hydrogen-bond acceptors (Lipinski definition) is 8. The van der Waals surface area contributed by atoms with Crippen LogP contribution in [0.3, 0.4) is 0 Å². The summed E-state index contributed by atoms with van der Waals surface area (Å²) in [6.45, 7) is -0.485. The molecule has 10 nitrogen and oxygen atoms in total. The fraction of sp³-hybridized carbons (Fsp3) is 0.312. The molecule has 218 valence electrons. The van der Waals surface area contributed by atoms with E-state index in [1.807, 2.05) is 48.5 Å². The van der Waals surface area contributed by atoms with Crippen LogP contribution in [-0.4, -0.2) is 87.4 Å². The van der Waals surface area contributed by atoms with Gasteiger partial charge in [0.2, 0.25) is 0 Å². The molecule has 1 amide bonds. The van der Waals surface area contributed by atoms with E-state index in [0.717, 1.165) is 22.3 Å². The Balaban J connectivity index is 1.18. The molecule has 5 rings (SSSR count). The van der Waals surface area contributed by atoms with Gasteiger partial charge in [-0.2, -0.15) is 0 Å². The van der Waals surface area contributed by atoms with E-state index in [9.17, 15) is 35.1 Å². The first kappa shape index (κ1) is 29.3. The number of rotatable bonds is 7. The molecule has 1 fully saturated rings. The topological polar surface area (TPSA) is 166 Å². The van der Waals surface area contributed by atoms with Gasteiger partial charge in [0.15, 0.2) is 0 Å². The van der Waals surface area contributed by atoms with Crippen molar-refractivity contribution < 1.29 is 44.6 Å². The Bertz CT molecular complexity index is 1450. The molecule has 1 heterocycles. The number of aliphatic carboxylic acids is 1. The average Bonchev–Trinajstić information content (AvgIpc) is 3.32. The third-order valence-electron chi connectivity index (χ3n) is 7.58. The summed E-state index contributed by atoms with van der Waals surface area (Å²) in [5.74, 6) is 4.12. The van der Waals surface area contributed by atoms with E-state index in [4.69, 9.17) is 9.47 Å². The number of benzene rings is 3. The normalized spacial score (nSPS) is 23.6. The van der Waals surface area contributed by atoms with Crippen LogP contribution >= 0.6 is 0 Å². The molecular weight excluding hydrogens is 542 g/mol. The predicted molar refractivity (Wildman–Crippen MR) is 150 cm³/mol. The maximum absolute atomic E-state index is 12.6. The van der Waals surface area contributed by atoms with Gasteiger partial charge in [0.05, 0.1) is 6.61 Å². The van der Waals surface area contributed by atoms with Gasteiger partial charge in [-0.3, -0.25) is 0 Å². The van der Waals surface area contributed by atoms with Crippen molar-refractivity contribution in [2.24, 2.45) is 0 Å². The monoisotopic (exact) mass is 573 g/mol. The van der Waals surface area contributed by atoms with Crippen LogP contribution in [0.2, 0.25) is 0 Å². The molecular formula is C32H31NO9. The highest BCUT2D eigenvalue weighted by molar-refractivity contribution is 5.81. The van der Waals surface area contributed by atoms with Crippen LogP contribution in [-0.2, 0) is 20.7 Å². The SMILES string of the molecule is O=C(N[C@@H](Cc1ccc(C#C[C@@H]2O[C@H](CO)[C@H](O)[C@H](O)[C@H]2O)cc1)C(=O)O)OCC1c2ccccc2-c2ccccc21. The highest BCUT2D eigenvalue weighted by Crippen LogP contribution is 2.44. The fourth-order valence-electron chi connectivity index (χ4n) is 5.32. The van der Waals surface area contributed by atoms with Crippen LogP contribution in [0.5, 0.6) is 0 Å². The van der Waals surface area contributed by atoms with Gasteiger partial charge in [-0.25, -0.2) is 9.59 Å². The number of hydrogen-bond donors (Lipinski definition) is 6. The number of carbonyl (C=O) groups excluding carboxylic acids is 1. The molecule has 1 aliphatic carbocycles. The molecule has 42 heavy (non-hydrogen) atoms. The molecule has 3 aromatic carbocycles. The molecule has 0 spiro atoms. The van der Waals surface area contributed by atoms with Gasteiger partial charge >= 0.3 is 12.1 Å². The lowest BCUT2D eigenvalue weighted by atomic mass is 9.95. The summed E-state index contributed by atoms with van der Waals surface area (Å²) in [5.41, 5.74) is 5.43. The van der Waals surface area contributed by atoms with E-state index in [1.54, 1.807) is 24.3 Å². The van der Waals surface area contributed by atoms with Crippen LogP contribution in [0.4, 0.5) is 4.79 Å². The predicted octanol–water partition coefficient (Wildman–Crippen LogP) is 1.41. The van der Waals surface area contributed by atoms with E-state index < -0.39 is 55.2 Å². The fourth-order valence-corrected chi connectivity index (χ4v) is 5.32. The average molecular weight is 574 g/mol. The quantitative estimate of drug-likeness (QED) is 0.229. The number of nitrogens with one attached hydrogen (secondary N) is 1. The van der Waals surface area contributed by atoms with E-state index in [0.29, 0.717) is 11.1 Å². The zero-order valence-electron chi connectivity index (χ0n) is 22.5. The van der Waals surface area contributed by atoms with Crippen LogP contribution in [0.1, 0.15) is 28.2 Å². The second kappa shape index (κ2) is 12.7. The summed E-state index contributed by atoms with van der Waals surface area (Å²) in [5, 5.41) is 51.4. The Labute approximate surface area is 242 Å². The summed E-state index contributed by atoms with van der Waals surface area (Å²) in [6, 6.07) is 21.2. The maximum atomic E-state index is 12.6. The highest BCUT2D eigenvalue weighted by Gasteiger charge is 2.42. The summed E-state index contributed by atoms with van der Waals surface area (Å²) in [6.07, 6.45) is -7.46. The zero-order valence-corrected chi connectivity index (χ0v) is 22.5. The van der Waals surface area contributed by atoms with Crippen LogP contribution < -0.4 is 5.32 Å². The zero-order chi connectivity index (χ0) is 29.8. The Hall–Kier alpha value is -4.24. The first-order chi connectivity index (χ1) is 20.3. The van der Waals surface area contributed by atoms with Gasteiger partial charge in [0, 0.05) is 17.9 Å². The number of aliphatic hydroxyl groups is 4. The molecule has 3 aromatic rings. The van der Waals surface area contributed by atoms with Crippen LogP contribution in [0.25, 0.3) is 11.1 Å². The molecule has 0 radical (unpaired) electrons. The number of alkyl carbamates (subject to hydrolysis) is 1. The van der Waals surface area contributed by atoms with Crippen LogP contribution in [0, 0.1) is 11.8 Å². The first-order valence-electron chi connectivity index (χ1n) is 13.5. The van der Waals surface area contributed by atoms with Gasteiger partial charge < -0.3 is 40.3 Å². The largest absolute Gasteiger partial charge is 0.480 e. The molecule has 1 aliphatic heterocycles. The minimum Gasteiger partial charge on any atom is -0.480 e.